The van der Waals surface area contributed by atoms with E-state index in [1.807, 2.05) is 21.5 Å². The number of imidazole rings is 1. The van der Waals surface area contributed by atoms with Crippen molar-refractivity contribution in [2.75, 3.05) is 0 Å². The number of aromatic nitrogens is 2. The number of benzene rings is 2. The van der Waals surface area contributed by atoms with E-state index < -0.39 is 5.97 Å². The lowest BCUT2D eigenvalue weighted by atomic mass is 9.92. The molecule has 1 aromatic heterocycles. The van der Waals surface area contributed by atoms with Gasteiger partial charge in [-0.05, 0) is 47.9 Å². The van der Waals surface area contributed by atoms with Crippen molar-refractivity contribution in [3.05, 3.63) is 73.7 Å². The number of halogens is 2. The molecule has 4 nitrogen and oxygen atoms in total. The molecule has 0 spiro atoms. The van der Waals surface area contributed by atoms with Gasteiger partial charge in [0.15, 0.2) is 0 Å². The molecule has 0 amide bonds. The summed E-state index contributed by atoms with van der Waals surface area (Å²) in [5, 5.41) is 10.5. The zero-order valence-electron chi connectivity index (χ0n) is 21.3. The van der Waals surface area contributed by atoms with Crippen LogP contribution in [0.5, 0.6) is 0 Å². The van der Waals surface area contributed by atoms with Gasteiger partial charge < -0.3 is 5.11 Å². The number of nitrogens with zero attached hydrogens (tertiary/aromatic N) is 2. The number of carboxylic acids is 1. The molecule has 0 aliphatic rings. The van der Waals surface area contributed by atoms with Crippen molar-refractivity contribution in [1.29, 1.82) is 0 Å². The number of carbonyl (C=O) groups is 1. The molecule has 1 heterocycles. The molecule has 34 heavy (non-hydrogen) atoms. The highest BCUT2D eigenvalue weighted by atomic mass is 79.9. The van der Waals surface area contributed by atoms with Crippen LogP contribution in [0.3, 0.4) is 0 Å². The molecule has 3 aromatic rings. The van der Waals surface area contributed by atoms with Gasteiger partial charge in [0.25, 0.3) is 0 Å². The summed E-state index contributed by atoms with van der Waals surface area (Å²) in [6.45, 7) is 17.2. The summed E-state index contributed by atoms with van der Waals surface area (Å²) in [5.41, 5.74) is 6.39. The van der Waals surface area contributed by atoms with Crippen LogP contribution < -0.4 is 4.57 Å². The predicted molar refractivity (Wildman–Crippen MR) is 146 cm³/mol. The fourth-order valence-corrected chi connectivity index (χ4v) is 5.55. The van der Waals surface area contributed by atoms with Crippen LogP contribution in [0.4, 0.5) is 0 Å². The number of hydrogen-bond acceptors (Lipinski definition) is 1. The van der Waals surface area contributed by atoms with Crippen LogP contribution >= 0.6 is 31.9 Å². The molecule has 0 bridgehead atoms. The first-order valence-corrected chi connectivity index (χ1v) is 13.5. The molecule has 0 radical (unpaired) electrons. The van der Waals surface area contributed by atoms with Crippen LogP contribution in [0.1, 0.15) is 112 Å². The topological polar surface area (TPSA) is 46.1 Å². The Hall–Kier alpha value is -1.92. The normalized spacial score (nSPS) is 11.9. The summed E-state index contributed by atoms with van der Waals surface area (Å²) in [4.78, 5) is 12.8. The van der Waals surface area contributed by atoms with Gasteiger partial charge in [0.05, 0.1) is 0 Å². The predicted octanol–water partition coefficient (Wildman–Crippen LogP) is 8.47. The van der Waals surface area contributed by atoms with Gasteiger partial charge in [-0.15, -0.1) is 0 Å². The average molecular weight is 591 g/mol. The molecule has 0 fully saturated rings. The molecule has 182 valence electrons. The summed E-state index contributed by atoms with van der Waals surface area (Å²) >= 11 is 7.34. The fourth-order valence-electron chi connectivity index (χ4n) is 4.56. The van der Waals surface area contributed by atoms with Crippen molar-refractivity contribution in [3.63, 3.8) is 0 Å². The Kier molecular flexibility index (Phi) is 8.14. The van der Waals surface area contributed by atoms with E-state index >= 15 is 0 Å². The SMILES string of the molecule is CC(C)c1cc(Br)cc(C(C)C)c1-n1cc[n+](-c2c(C(C)C)cc(Br)cc2C(C)C)c1C(=O)O. The highest BCUT2D eigenvalue weighted by Gasteiger charge is 2.34. The highest BCUT2D eigenvalue weighted by Crippen LogP contribution is 2.36. The first-order valence-electron chi connectivity index (χ1n) is 11.9. The van der Waals surface area contributed by atoms with Crippen LogP contribution in [0.2, 0.25) is 0 Å². The summed E-state index contributed by atoms with van der Waals surface area (Å²) in [5.74, 6) is 0.197. The molecule has 0 saturated heterocycles. The maximum atomic E-state index is 12.8. The van der Waals surface area contributed by atoms with Crippen LogP contribution in [0, 0.1) is 0 Å². The van der Waals surface area contributed by atoms with Crippen molar-refractivity contribution in [2.24, 2.45) is 0 Å². The standard InChI is InChI=1S/C28H34Br2N2O2/c1-15(2)21-11-19(29)12-22(16(3)4)25(21)31-9-10-32(27(31)28(33)34)26-23(17(5)6)13-20(30)14-24(26)18(7)8/h9-18H,1-8H3/p+1. The highest BCUT2D eigenvalue weighted by molar-refractivity contribution is 9.10. The van der Waals surface area contributed by atoms with Crippen molar-refractivity contribution >= 4 is 37.8 Å². The van der Waals surface area contributed by atoms with E-state index in [-0.39, 0.29) is 29.5 Å². The molecule has 3 rings (SSSR count). The molecule has 0 unspecified atom stereocenters. The zero-order valence-corrected chi connectivity index (χ0v) is 24.5. The van der Waals surface area contributed by atoms with E-state index in [4.69, 9.17) is 0 Å². The molecule has 0 aliphatic carbocycles. The zero-order chi connectivity index (χ0) is 25.5. The molecule has 2 aromatic carbocycles. The van der Waals surface area contributed by atoms with Gasteiger partial charge in [0.1, 0.15) is 23.8 Å². The van der Waals surface area contributed by atoms with E-state index in [2.05, 4.69) is 112 Å². The summed E-state index contributed by atoms with van der Waals surface area (Å²) in [6, 6.07) is 8.45. The second-order valence-electron chi connectivity index (χ2n) is 10.2. The third kappa shape index (κ3) is 5.03. The van der Waals surface area contributed by atoms with E-state index in [0.29, 0.717) is 0 Å². The van der Waals surface area contributed by atoms with Crippen LogP contribution in [-0.4, -0.2) is 15.6 Å². The Morgan fingerprint density at radius 3 is 1.50 bits per heavy atom. The van der Waals surface area contributed by atoms with Gasteiger partial charge >= 0.3 is 11.8 Å². The summed E-state index contributed by atoms with van der Waals surface area (Å²) < 4.78 is 5.76. The number of rotatable bonds is 7. The minimum Gasteiger partial charge on any atom is -0.472 e. The Balaban J connectivity index is 2.48. The Labute approximate surface area is 220 Å². The third-order valence-corrected chi connectivity index (χ3v) is 7.17. The number of hydrogen-bond donors (Lipinski definition) is 1. The summed E-state index contributed by atoms with van der Waals surface area (Å²) in [6.07, 6.45) is 3.81. The second kappa shape index (κ2) is 10.4. The maximum Gasteiger partial charge on any atom is 0.420 e. The minimum atomic E-state index is -0.954. The van der Waals surface area contributed by atoms with Gasteiger partial charge in [-0.3, -0.25) is 0 Å². The van der Waals surface area contributed by atoms with Crippen molar-refractivity contribution in [2.45, 2.75) is 79.1 Å². The van der Waals surface area contributed by atoms with E-state index in [0.717, 1.165) is 42.6 Å². The van der Waals surface area contributed by atoms with Crippen LogP contribution in [0.15, 0.2) is 45.6 Å². The van der Waals surface area contributed by atoms with Crippen molar-refractivity contribution in [3.8, 4) is 11.4 Å². The largest absolute Gasteiger partial charge is 0.472 e. The monoisotopic (exact) mass is 589 g/mol. The lowest BCUT2D eigenvalue weighted by Crippen LogP contribution is -2.40. The molecule has 0 aliphatic heterocycles. The molecule has 0 saturated carbocycles. The maximum absolute atomic E-state index is 12.8. The third-order valence-electron chi connectivity index (χ3n) is 6.25. The first kappa shape index (κ1) is 26.7. The van der Waals surface area contributed by atoms with Gasteiger partial charge in [0, 0.05) is 31.2 Å². The van der Waals surface area contributed by atoms with Gasteiger partial charge in [-0.1, -0.05) is 87.2 Å². The smallest absolute Gasteiger partial charge is 0.420 e. The molecular formula is C28H35Br2N2O2+. The molecule has 0 atom stereocenters. The Bertz CT molecular complexity index is 1080. The second-order valence-corrected chi connectivity index (χ2v) is 12.0. The van der Waals surface area contributed by atoms with E-state index in [1.165, 1.54) is 0 Å². The fraction of sp³-hybridized carbons (Fsp3) is 0.429. The van der Waals surface area contributed by atoms with Crippen molar-refractivity contribution in [1.82, 2.24) is 4.57 Å². The van der Waals surface area contributed by atoms with Crippen LogP contribution in [-0.2, 0) is 0 Å². The Morgan fingerprint density at radius 1 is 0.765 bits per heavy atom. The Morgan fingerprint density at radius 2 is 1.15 bits per heavy atom. The van der Waals surface area contributed by atoms with Crippen LogP contribution in [0.25, 0.3) is 11.4 Å². The van der Waals surface area contributed by atoms with Crippen molar-refractivity contribution < 1.29 is 14.5 Å². The first-order chi connectivity index (χ1) is 15.8. The molecule has 6 heteroatoms. The molecular weight excluding hydrogens is 556 g/mol. The number of carboxylic acid groups (broad SMARTS) is 1. The average Bonchev–Trinajstić information content (AvgIpc) is 3.16. The molecule has 1 N–H and O–H groups in total. The van der Waals surface area contributed by atoms with E-state index in [9.17, 15) is 9.90 Å². The number of aromatic carboxylic acids is 1. The lowest BCUT2D eigenvalue weighted by Gasteiger charge is -2.19. The van der Waals surface area contributed by atoms with Gasteiger partial charge in [-0.25, -0.2) is 4.79 Å². The van der Waals surface area contributed by atoms with Gasteiger partial charge in [-0.2, -0.15) is 9.13 Å². The quantitative estimate of drug-likeness (QED) is 0.280. The summed E-state index contributed by atoms with van der Waals surface area (Å²) in [7, 11) is 0. The van der Waals surface area contributed by atoms with Gasteiger partial charge in [0.2, 0.25) is 0 Å². The minimum absolute atomic E-state index is 0.229. The van der Waals surface area contributed by atoms with E-state index in [1.54, 1.807) is 0 Å². The lowest BCUT2D eigenvalue weighted by molar-refractivity contribution is -0.599.